The number of hydrogen-bond donors (Lipinski definition) is 1. The van der Waals surface area contributed by atoms with E-state index >= 15 is 0 Å². The summed E-state index contributed by atoms with van der Waals surface area (Å²) >= 11 is 0. The first kappa shape index (κ1) is 10.8. The Kier molecular flexibility index (Phi) is 3.01. The van der Waals surface area contributed by atoms with Crippen molar-refractivity contribution in [3.8, 4) is 0 Å². The summed E-state index contributed by atoms with van der Waals surface area (Å²) in [6.45, 7) is 2.04. The average molecular weight is 216 g/mol. The first-order chi connectivity index (χ1) is 7.70. The number of nitrogens with zero attached hydrogens (tertiary/aromatic N) is 3. The predicted molar refractivity (Wildman–Crippen MR) is 63.1 cm³/mol. The highest BCUT2D eigenvalue weighted by atomic mass is 15.3. The van der Waals surface area contributed by atoms with Crippen LogP contribution in [0.25, 0.3) is 0 Å². The quantitative estimate of drug-likeness (QED) is 0.844. The molecule has 1 atom stereocenters. The van der Waals surface area contributed by atoms with Gasteiger partial charge in [0.25, 0.3) is 0 Å². The van der Waals surface area contributed by atoms with Crippen LogP contribution in [0.15, 0.2) is 30.7 Å². The van der Waals surface area contributed by atoms with Crippen molar-refractivity contribution in [1.29, 1.82) is 0 Å². The summed E-state index contributed by atoms with van der Waals surface area (Å²) in [4.78, 5) is 4.21. The maximum atomic E-state index is 4.41. The zero-order valence-electron chi connectivity index (χ0n) is 9.81. The highest BCUT2D eigenvalue weighted by Gasteiger charge is 2.14. The summed E-state index contributed by atoms with van der Waals surface area (Å²) in [5.41, 5.74) is 3.31. The molecule has 0 spiro atoms. The number of pyridine rings is 1. The van der Waals surface area contributed by atoms with Crippen molar-refractivity contribution in [2.24, 2.45) is 7.05 Å². The van der Waals surface area contributed by atoms with E-state index in [0.29, 0.717) is 0 Å². The van der Waals surface area contributed by atoms with Crippen molar-refractivity contribution in [1.82, 2.24) is 20.1 Å². The number of hydrogen-bond acceptors (Lipinski definition) is 3. The molecule has 2 rings (SSSR count). The number of rotatable bonds is 3. The van der Waals surface area contributed by atoms with Gasteiger partial charge in [0.1, 0.15) is 0 Å². The number of aryl methyl sites for hydroxylation is 2. The Labute approximate surface area is 95.3 Å². The van der Waals surface area contributed by atoms with Gasteiger partial charge in [-0.1, -0.05) is 6.07 Å². The van der Waals surface area contributed by atoms with Crippen LogP contribution in [0.2, 0.25) is 0 Å². The lowest BCUT2D eigenvalue weighted by atomic mass is 10.1. The second-order valence-corrected chi connectivity index (χ2v) is 3.93. The van der Waals surface area contributed by atoms with Gasteiger partial charge in [0.05, 0.1) is 11.7 Å². The highest BCUT2D eigenvalue weighted by molar-refractivity contribution is 5.27. The van der Waals surface area contributed by atoms with Crippen molar-refractivity contribution < 1.29 is 0 Å². The first-order valence-electron chi connectivity index (χ1n) is 5.29. The Hall–Kier alpha value is -1.68. The summed E-state index contributed by atoms with van der Waals surface area (Å²) in [7, 11) is 3.85. The molecule has 0 saturated heterocycles. The average Bonchev–Trinajstić information content (AvgIpc) is 2.66. The van der Waals surface area contributed by atoms with Gasteiger partial charge in [-0.3, -0.25) is 9.67 Å². The second-order valence-electron chi connectivity index (χ2n) is 3.93. The molecule has 4 heteroatoms. The fourth-order valence-corrected chi connectivity index (χ4v) is 1.81. The van der Waals surface area contributed by atoms with Crippen LogP contribution >= 0.6 is 0 Å². The molecule has 2 heterocycles. The molecule has 1 N–H and O–H groups in total. The maximum Gasteiger partial charge on any atom is 0.0839 e. The Morgan fingerprint density at radius 3 is 2.75 bits per heavy atom. The van der Waals surface area contributed by atoms with Gasteiger partial charge in [-0.05, 0) is 31.2 Å². The molecular formula is C12H16N4. The lowest BCUT2D eigenvalue weighted by Gasteiger charge is -2.14. The first-order valence-corrected chi connectivity index (χ1v) is 5.29. The van der Waals surface area contributed by atoms with Crippen molar-refractivity contribution in [2.75, 3.05) is 7.05 Å². The molecule has 0 amide bonds. The molecule has 0 aliphatic carbocycles. The zero-order chi connectivity index (χ0) is 11.5. The van der Waals surface area contributed by atoms with Crippen molar-refractivity contribution in [2.45, 2.75) is 13.0 Å². The third-order valence-electron chi connectivity index (χ3n) is 2.55. The third kappa shape index (κ3) is 2.12. The Balaban J connectivity index is 2.36. The van der Waals surface area contributed by atoms with Crippen molar-refractivity contribution in [3.63, 3.8) is 0 Å². The lowest BCUT2D eigenvalue weighted by molar-refractivity contribution is 0.639. The van der Waals surface area contributed by atoms with Gasteiger partial charge in [0.2, 0.25) is 0 Å². The van der Waals surface area contributed by atoms with Crippen LogP contribution in [0.3, 0.4) is 0 Å². The minimum absolute atomic E-state index is 0.105. The molecule has 1 unspecified atom stereocenters. The van der Waals surface area contributed by atoms with E-state index in [4.69, 9.17) is 0 Å². The predicted octanol–water partition coefficient (Wildman–Crippen LogP) is 1.43. The van der Waals surface area contributed by atoms with Gasteiger partial charge >= 0.3 is 0 Å². The minimum atomic E-state index is 0.105. The summed E-state index contributed by atoms with van der Waals surface area (Å²) < 4.78 is 1.81. The van der Waals surface area contributed by atoms with Crippen LogP contribution in [-0.4, -0.2) is 21.8 Å². The van der Waals surface area contributed by atoms with E-state index in [-0.39, 0.29) is 6.04 Å². The molecule has 84 valence electrons. The Morgan fingerprint density at radius 1 is 1.38 bits per heavy atom. The van der Waals surface area contributed by atoms with Gasteiger partial charge in [0, 0.05) is 25.6 Å². The van der Waals surface area contributed by atoms with Crippen molar-refractivity contribution in [3.05, 3.63) is 47.5 Å². The van der Waals surface area contributed by atoms with Crippen LogP contribution in [0.4, 0.5) is 0 Å². The van der Waals surface area contributed by atoms with Gasteiger partial charge in [0.15, 0.2) is 0 Å². The number of nitrogens with one attached hydrogen (secondary N) is 1. The molecule has 2 aromatic heterocycles. The van der Waals surface area contributed by atoms with Gasteiger partial charge in [-0.2, -0.15) is 5.10 Å². The monoisotopic (exact) mass is 216 g/mol. The van der Waals surface area contributed by atoms with E-state index in [2.05, 4.69) is 21.5 Å². The molecule has 0 fully saturated rings. The SMILES string of the molecule is CNC(c1cncc(C)c1)c1ccn(C)n1. The van der Waals surface area contributed by atoms with E-state index < -0.39 is 0 Å². The number of aromatic nitrogens is 3. The van der Waals surface area contributed by atoms with Crippen LogP contribution in [0, 0.1) is 6.92 Å². The smallest absolute Gasteiger partial charge is 0.0839 e. The zero-order valence-corrected chi connectivity index (χ0v) is 9.81. The third-order valence-corrected chi connectivity index (χ3v) is 2.55. The second kappa shape index (κ2) is 4.45. The molecule has 0 aliphatic heterocycles. The van der Waals surface area contributed by atoms with Gasteiger partial charge in [-0.25, -0.2) is 0 Å². The summed E-state index contributed by atoms with van der Waals surface area (Å²) in [6, 6.07) is 4.25. The van der Waals surface area contributed by atoms with Crippen molar-refractivity contribution >= 4 is 0 Å². The summed E-state index contributed by atoms with van der Waals surface area (Å²) in [5, 5.41) is 7.67. The Bertz CT molecular complexity index is 475. The van der Waals surface area contributed by atoms with Crippen LogP contribution in [0.1, 0.15) is 22.9 Å². The van der Waals surface area contributed by atoms with Crippen LogP contribution in [0.5, 0.6) is 0 Å². The van der Waals surface area contributed by atoms with E-state index in [9.17, 15) is 0 Å². The largest absolute Gasteiger partial charge is 0.308 e. The highest BCUT2D eigenvalue weighted by Crippen LogP contribution is 2.19. The fourth-order valence-electron chi connectivity index (χ4n) is 1.81. The molecule has 0 aromatic carbocycles. The van der Waals surface area contributed by atoms with Crippen LogP contribution in [-0.2, 0) is 7.05 Å². The van der Waals surface area contributed by atoms with E-state index in [0.717, 1.165) is 16.8 Å². The molecular weight excluding hydrogens is 200 g/mol. The molecule has 0 saturated carbocycles. The molecule has 0 radical (unpaired) electrons. The Morgan fingerprint density at radius 2 is 2.19 bits per heavy atom. The lowest BCUT2D eigenvalue weighted by Crippen LogP contribution is -2.18. The van der Waals surface area contributed by atoms with Gasteiger partial charge in [-0.15, -0.1) is 0 Å². The van der Waals surface area contributed by atoms with E-state index in [1.54, 1.807) is 0 Å². The maximum absolute atomic E-state index is 4.41. The molecule has 0 aliphatic rings. The van der Waals surface area contributed by atoms with E-state index in [1.807, 2.05) is 50.4 Å². The van der Waals surface area contributed by atoms with Gasteiger partial charge < -0.3 is 5.32 Å². The fraction of sp³-hybridized carbons (Fsp3) is 0.333. The normalized spacial score (nSPS) is 12.7. The molecule has 16 heavy (non-hydrogen) atoms. The summed E-state index contributed by atoms with van der Waals surface area (Å²) in [6.07, 6.45) is 5.68. The molecule has 4 nitrogen and oxygen atoms in total. The minimum Gasteiger partial charge on any atom is -0.308 e. The van der Waals surface area contributed by atoms with Crippen LogP contribution < -0.4 is 5.32 Å². The van der Waals surface area contributed by atoms with E-state index in [1.165, 1.54) is 0 Å². The topological polar surface area (TPSA) is 42.7 Å². The summed E-state index contributed by atoms with van der Waals surface area (Å²) in [5.74, 6) is 0. The molecule has 0 bridgehead atoms. The molecule has 2 aromatic rings. The standard InChI is InChI=1S/C12H16N4/c1-9-6-10(8-14-7-9)12(13-2)11-4-5-16(3)15-11/h4-8,12-13H,1-3H3.